The van der Waals surface area contributed by atoms with Crippen molar-refractivity contribution in [2.24, 2.45) is 11.0 Å². The molecular weight excluding hydrogens is 338 g/mol. The molecule has 5 nitrogen and oxygen atoms in total. The van der Waals surface area contributed by atoms with Crippen LogP contribution >= 0.6 is 0 Å². The number of benzene rings is 2. The van der Waals surface area contributed by atoms with Crippen molar-refractivity contribution >= 4 is 23.2 Å². The summed E-state index contributed by atoms with van der Waals surface area (Å²) < 4.78 is 0. The summed E-state index contributed by atoms with van der Waals surface area (Å²) in [6, 6.07) is 16.5. The van der Waals surface area contributed by atoms with Crippen molar-refractivity contribution < 1.29 is 9.59 Å². The largest absolute Gasteiger partial charge is 0.326 e. The Balaban J connectivity index is 1.57. The number of carbonyl (C=O) groups is 2. The SMILES string of the molecule is C/C(=N/NC(=O)c1ccccc1)c1ccc(NC(=O)C2CCCCC2)cc1. The second-order valence-electron chi connectivity index (χ2n) is 6.91. The summed E-state index contributed by atoms with van der Waals surface area (Å²) >= 11 is 0. The molecule has 0 unspecified atom stereocenters. The molecule has 0 spiro atoms. The molecule has 2 amide bonds. The second kappa shape index (κ2) is 9.12. The van der Waals surface area contributed by atoms with Gasteiger partial charge in [0.15, 0.2) is 0 Å². The van der Waals surface area contributed by atoms with Gasteiger partial charge in [0.1, 0.15) is 0 Å². The van der Waals surface area contributed by atoms with Crippen molar-refractivity contribution in [2.45, 2.75) is 39.0 Å². The van der Waals surface area contributed by atoms with Gasteiger partial charge in [0.25, 0.3) is 5.91 Å². The summed E-state index contributed by atoms with van der Waals surface area (Å²) in [6.07, 6.45) is 5.48. The molecule has 5 heteroatoms. The lowest BCUT2D eigenvalue weighted by molar-refractivity contribution is -0.120. The fraction of sp³-hybridized carbons (Fsp3) is 0.318. The molecule has 1 saturated carbocycles. The van der Waals surface area contributed by atoms with E-state index in [1.54, 1.807) is 12.1 Å². The van der Waals surface area contributed by atoms with E-state index in [4.69, 9.17) is 0 Å². The predicted molar refractivity (Wildman–Crippen MR) is 108 cm³/mol. The molecule has 0 radical (unpaired) electrons. The fourth-order valence-corrected chi connectivity index (χ4v) is 3.26. The Bertz CT molecular complexity index is 807. The van der Waals surface area contributed by atoms with Gasteiger partial charge in [0.2, 0.25) is 5.91 Å². The average molecular weight is 363 g/mol. The zero-order valence-corrected chi connectivity index (χ0v) is 15.6. The third kappa shape index (κ3) is 5.26. The number of hydrogen-bond donors (Lipinski definition) is 2. The number of hydrogen-bond acceptors (Lipinski definition) is 3. The molecule has 1 aliphatic rings. The van der Waals surface area contributed by atoms with Gasteiger partial charge >= 0.3 is 0 Å². The Hall–Kier alpha value is -2.95. The molecule has 1 aliphatic carbocycles. The van der Waals surface area contributed by atoms with E-state index >= 15 is 0 Å². The van der Waals surface area contributed by atoms with Crippen LogP contribution in [0.5, 0.6) is 0 Å². The van der Waals surface area contributed by atoms with Gasteiger partial charge in [-0.15, -0.1) is 0 Å². The second-order valence-corrected chi connectivity index (χ2v) is 6.91. The number of rotatable bonds is 5. The molecule has 2 aromatic rings. The van der Waals surface area contributed by atoms with Crippen LogP contribution in [0.25, 0.3) is 0 Å². The molecule has 0 atom stereocenters. The first-order valence-electron chi connectivity index (χ1n) is 9.44. The standard InChI is InChI=1S/C22H25N3O2/c1-16(24-25-22(27)19-10-6-3-7-11-19)17-12-14-20(15-13-17)23-21(26)18-8-4-2-5-9-18/h3,6-7,10-15,18H,2,4-5,8-9H2,1H3,(H,23,26)(H,25,27)/b24-16-. The maximum atomic E-state index is 12.3. The summed E-state index contributed by atoms with van der Waals surface area (Å²) in [6.45, 7) is 1.83. The molecule has 0 bridgehead atoms. The number of carbonyl (C=O) groups excluding carboxylic acids is 2. The molecule has 140 valence electrons. The van der Waals surface area contributed by atoms with Gasteiger partial charge in [0.05, 0.1) is 5.71 Å². The topological polar surface area (TPSA) is 70.6 Å². The first kappa shape index (κ1) is 18.8. The number of hydrazone groups is 1. The maximum absolute atomic E-state index is 12.3. The minimum absolute atomic E-state index is 0.114. The van der Waals surface area contributed by atoms with Crippen molar-refractivity contribution in [1.82, 2.24) is 5.43 Å². The Morgan fingerprint density at radius 1 is 0.889 bits per heavy atom. The first-order valence-corrected chi connectivity index (χ1v) is 9.44. The third-order valence-electron chi connectivity index (χ3n) is 4.91. The molecule has 0 aromatic heterocycles. The van der Waals surface area contributed by atoms with Crippen LogP contribution in [0.2, 0.25) is 0 Å². The van der Waals surface area contributed by atoms with Gasteiger partial charge < -0.3 is 5.32 Å². The molecule has 2 N–H and O–H groups in total. The summed E-state index contributed by atoms with van der Waals surface area (Å²) in [5.41, 5.74) is 5.50. The molecular formula is C22H25N3O2. The molecule has 3 rings (SSSR count). The van der Waals surface area contributed by atoms with Crippen LogP contribution in [0.4, 0.5) is 5.69 Å². The highest BCUT2D eigenvalue weighted by atomic mass is 16.2. The quantitative estimate of drug-likeness (QED) is 0.612. The monoisotopic (exact) mass is 363 g/mol. The smallest absolute Gasteiger partial charge is 0.271 e. The van der Waals surface area contributed by atoms with Gasteiger partial charge in [0, 0.05) is 17.2 Å². The van der Waals surface area contributed by atoms with E-state index < -0.39 is 0 Å². The van der Waals surface area contributed by atoms with Crippen molar-refractivity contribution in [2.75, 3.05) is 5.32 Å². The van der Waals surface area contributed by atoms with Crippen molar-refractivity contribution in [3.8, 4) is 0 Å². The predicted octanol–water partition coefficient (Wildman–Crippen LogP) is 4.36. The van der Waals surface area contributed by atoms with Crippen molar-refractivity contribution in [3.63, 3.8) is 0 Å². The minimum atomic E-state index is -0.244. The van der Waals surface area contributed by atoms with Crippen LogP contribution in [-0.2, 0) is 4.79 Å². The van der Waals surface area contributed by atoms with E-state index in [1.165, 1.54) is 6.42 Å². The Morgan fingerprint density at radius 3 is 2.22 bits per heavy atom. The van der Waals surface area contributed by atoms with Gasteiger partial charge in [-0.25, -0.2) is 5.43 Å². The number of nitrogens with zero attached hydrogens (tertiary/aromatic N) is 1. The first-order chi connectivity index (χ1) is 13.1. The van der Waals surface area contributed by atoms with Crippen LogP contribution in [0.15, 0.2) is 59.7 Å². The molecule has 0 saturated heterocycles. The number of anilines is 1. The van der Waals surface area contributed by atoms with Gasteiger partial charge in [-0.05, 0) is 49.6 Å². The lowest BCUT2D eigenvalue weighted by atomic mass is 9.88. The van der Waals surface area contributed by atoms with Gasteiger partial charge in [-0.3, -0.25) is 9.59 Å². The third-order valence-corrected chi connectivity index (χ3v) is 4.91. The lowest BCUT2D eigenvalue weighted by Gasteiger charge is -2.20. The van der Waals surface area contributed by atoms with Gasteiger partial charge in [-0.2, -0.15) is 5.10 Å². The molecule has 1 fully saturated rings. The van der Waals surface area contributed by atoms with Crippen LogP contribution in [0.3, 0.4) is 0 Å². The van der Waals surface area contributed by atoms with E-state index in [0.717, 1.165) is 36.9 Å². The van der Waals surface area contributed by atoms with Crippen LogP contribution in [-0.4, -0.2) is 17.5 Å². The molecule has 0 aliphatic heterocycles. The highest BCUT2D eigenvalue weighted by Gasteiger charge is 2.20. The maximum Gasteiger partial charge on any atom is 0.271 e. The Labute approximate surface area is 159 Å². The van der Waals surface area contributed by atoms with Crippen LogP contribution < -0.4 is 10.7 Å². The van der Waals surface area contributed by atoms with Crippen LogP contribution in [0, 0.1) is 5.92 Å². The average Bonchev–Trinajstić information content (AvgIpc) is 2.73. The van der Waals surface area contributed by atoms with Gasteiger partial charge in [-0.1, -0.05) is 49.6 Å². The lowest BCUT2D eigenvalue weighted by Crippen LogP contribution is -2.24. The summed E-state index contributed by atoms with van der Waals surface area (Å²) in [7, 11) is 0. The Kier molecular flexibility index (Phi) is 6.36. The summed E-state index contributed by atoms with van der Waals surface area (Å²) in [5.74, 6) is 0.00389. The number of amides is 2. The van der Waals surface area contributed by atoms with Crippen molar-refractivity contribution in [1.29, 1.82) is 0 Å². The highest BCUT2D eigenvalue weighted by molar-refractivity contribution is 6.01. The van der Waals surface area contributed by atoms with E-state index in [1.807, 2.05) is 49.4 Å². The molecule has 27 heavy (non-hydrogen) atoms. The zero-order valence-electron chi connectivity index (χ0n) is 15.6. The Morgan fingerprint density at radius 2 is 1.56 bits per heavy atom. The van der Waals surface area contributed by atoms with Crippen molar-refractivity contribution in [3.05, 3.63) is 65.7 Å². The normalized spacial score (nSPS) is 15.2. The summed E-state index contributed by atoms with van der Waals surface area (Å²) in [5, 5.41) is 7.17. The van der Waals surface area contributed by atoms with E-state index in [-0.39, 0.29) is 17.7 Å². The molecule has 0 heterocycles. The van der Waals surface area contributed by atoms with E-state index in [2.05, 4.69) is 15.8 Å². The highest BCUT2D eigenvalue weighted by Crippen LogP contribution is 2.25. The minimum Gasteiger partial charge on any atom is -0.326 e. The van der Waals surface area contributed by atoms with E-state index in [9.17, 15) is 9.59 Å². The number of nitrogens with one attached hydrogen (secondary N) is 2. The fourth-order valence-electron chi connectivity index (χ4n) is 3.26. The van der Waals surface area contributed by atoms with Crippen LogP contribution in [0.1, 0.15) is 54.9 Å². The zero-order chi connectivity index (χ0) is 19.1. The summed E-state index contributed by atoms with van der Waals surface area (Å²) in [4.78, 5) is 24.4. The van der Waals surface area contributed by atoms with E-state index in [0.29, 0.717) is 11.3 Å². The molecule has 2 aromatic carbocycles.